The minimum atomic E-state index is -0.682. The number of carbonyl (C=O) groups excluding carboxylic acids is 3. The second-order valence-electron chi connectivity index (χ2n) is 10.9. The first-order chi connectivity index (χ1) is 19.7. The predicted molar refractivity (Wildman–Crippen MR) is 154 cm³/mol. The fourth-order valence-corrected chi connectivity index (χ4v) is 5.03. The summed E-state index contributed by atoms with van der Waals surface area (Å²) in [5.74, 6) is -0.0377. The molecule has 0 unspecified atom stereocenters. The van der Waals surface area contributed by atoms with Gasteiger partial charge in [-0.25, -0.2) is 10.3 Å². The first-order valence-corrected chi connectivity index (χ1v) is 14.0. The highest BCUT2D eigenvalue weighted by Crippen LogP contribution is 2.25. The van der Waals surface area contributed by atoms with Crippen LogP contribution < -0.4 is 15.5 Å². The Morgan fingerprint density at radius 3 is 2.44 bits per heavy atom. The van der Waals surface area contributed by atoms with Gasteiger partial charge in [-0.3, -0.25) is 24.7 Å². The fraction of sp³-hybridized carbons (Fsp3) is 0.419. The van der Waals surface area contributed by atoms with Crippen LogP contribution >= 0.6 is 0 Å². The zero-order valence-corrected chi connectivity index (χ0v) is 23.8. The lowest BCUT2D eigenvalue weighted by molar-refractivity contribution is -0.130. The number of hydrogen-bond acceptors (Lipinski definition) is 7. The van der Waals surface area contributed by atoms with Crippen molar-refractivity contribution in [3.63, 3.8) is 0 Å². The van der Waals surface area contributed by atoms with E-state index in [0.29, 0.717) is 43.6 Å². The lowest BCUT2D eigenvalue weighted by Crippen LogP contribution is -2.49. The van der Waals surface area contributed by atoms with Gasteiger partial charge in [0, 0.05) is 34.3 Å². The van der Waals surface area contributed by atoms with Gasteiger partial charge in [0.25, 0.3) is 11.8 Å². The van der Waals surface area contributed by atoms with E-state index in [1.54, 1.807) is 29.7 Å². The number of hydrogen-bond donors (Lipinski definition) is 3. The molecule has 3 aromatic rings. The molecule has 1 heterocycles. The number of hydroxylamine groups is 1. The molecule has 2 aromatic carbocycles. The van der Waals surface area contributed by atoms with Crippen molar-refractivity contribution in [3.05, 3.63) is 71.4 Å². The van der Waals surface area contributed by atoms with Crippen LogP contribution in [0.4, 0.5) is 4.79 Å². The number of nitrogens with one attached hydrogen (secondary N) is 2. The monoisotopic (exact) mass is 562 g/mol. The lowest BCUT2D eigenvalue weighted by Gasteiger charge is -2.36. The summed E-state index contributed by atoms with van der Waals surface area (Å²) in [5, 5.41) is 13.1. The Morgan fingerprint density at radius 1 is 1.05 bits per heavy atom. The van der Waals surface area contributed by atoms with Gasteiger partial charge in [0.05, 0.1) is 12.1 Å². The Labute approximate surface area is 240 Å². The Bertz CT molecular complexity index is 1350. The average Bonchev–Trinajstić information content (AvgIpc) is 2.97. The Hall–Kier alpha value is -4.18. The number of pyridine rings is 1. The van der Waals surface area contributed by atoms with Crippen LogP contribution in [0.1, 0.15) is 61.1 Å². The van der Waals surface area contributed by atoms with Crippen molar-refractivity contribution in [2.24, 2.45) is 5.92 Å². The molecular formula is C31H38N4O6. The topological polar surface area (TPSA) is 130 Å². The number of benzene rings is 2. The highest BCUT2D eigenvalue weighted by Gasteiger charge is 2.32. The number of para-hydroxylation sites is 1. The van der Waals surface area contributed by atoms with Crippen molar-refractivity contribution >= 4 is 28.8 Å². The standard InChI is InChI=1S/C31H38N4O6/c1-20(2)18-41-31(38)35(17-29(36)34-39)25-12-10-24(11-13-25)33-30(37)22-8-14-26(15-9-22)40-19-23-16-21(3)32-28-7-5-4-6-27(23)28/h4-9,14-16,20,24-25,39H,10-13,17-19H2,1-3H3,(H,33,37)(H,34,36). The summed E-state index contributed by atoms with van der Waals surface area (Å²) >= 11 is 0. The van der Waals surface area contributed by atoms with Crippen molar-refractivity contribution in [2.45, 2.75) is 65.1 Å². The van der Waals surface area contributed by atoms with Gasteiger partial charge in [-0.05, 0) is 74.9 Å². The zero-order chi connectivity index (χ0) is 29.4. The Morgan fingerprint density at radius 2 is 1.76 bits per heavy atom. The van der Waals surface area contributed by atoms with Crippen molar-refractivity contribution < 1.29 is 29.1 Å². The van der Waals surface area contributed by atoms with Gasteiger partial charge in [0.2, 0.25) is 0 Å². The third kappa shape index (κ3) is 8.17. The van der Waals surface area contributed by atoms with Crippen molar-refractivity contribution in [2.75, 3.05) is 13.2 Å². The molecule has 3 amide bonds. The summed E-state index contributed by atoms with van der Waals surface area (Å²) in [4.78, 5) is 43.3. The predicted octanol–water partition coefficient (Wildman–Crippen LogP) is 4.76. The third-order valence-electron chi connectivity index (χ3n) is 7.13. The van der Waals surface area contributed by atoms with Crippen LogP contribution in [0.5, 0.6) is 5.75 Å². The van der Waals surface area contributed by atoms with E-state index < -0.39 is 12.0 Å². The molecule has 1 aromatic heterocycles. The number of aromatic nitrogens is 1. The second kappa shape index (κ2) is 13.9. The van der Waals surface area contributed by atoms with Crippen LogP contribution in [0, 0.1) is 12.8 Å². The van der Waals surface area contributed by atoms with E-state index in [1.165, 1.54) is 4.90 Å². The molecule has 41 heavy (non-hydrogen) atoms. The van der Waals surface area contributed by atoms with E-state index in [-0.39, 0.29) is 37.1 Å². The molecule has 218 valence electrons. The minimum Gasteiger partial charge on any atom is -0.489 e. The largest absolute Gasteiger partial charge is 0.489 e. The van der Waals surface area contributed by atoms with Gasteiger partial charge in [0.15, 0.2) is 0 Å². The molecule has 1 aliphatic carbocycles. The molecule has 0 atom stereocenters. The summed E-state index contributed by atoms with van der Waals surface area (Å²) in [6.07, 6.45) is 1.90. The molecule has 0 saturated heterocycles. The number of nitrogens with zero attached hydrogens (tertiary/aromatic N) is 2. The molecule has 0 aliphatic heterocycles. The Kier molecular flexibility index (Phi) is 10.1. The average molecular weight is 563 g/mol. The van der Waals surface area contributed by atoms with Gasteiger partial charge >= 0.3 is 6.09 Å². The number of amides is 3. The molecule has 1 aliphatic rings. The van der Waals surface area contributed by atoms with E-state index in [0.717, 1.165) is 22.2 Å². The summed E-state index contributed by atoms with van der Waals surface area (Å²) < 4.78 is 11.3. The quantitative estimate of drug-likeness (QED) is 0.240. The number of ether oxygens (including phenoxy) is 2. The maximum atomic E-state index is 12.9. The van der Waals surface area contributed by atoms with E-state index in [9.17, 15) is 14.4 Å². The van der Waals surface area contributed by atoms with Crippen LogP contribution in [0.3, 0.4) is 0 Å². The van der Waals surface area contributed by atoms with Gasteiger partial charge in [0.1, 0.15) is 18.9 Å². The first-order valence-electron chi connectivity index (χ1n) is 14.0. The summed E-state index contributed by atoms with van der Waals surface area (Å²) in [6, 6.07) is 16.8. The molecule has 0 spiro atoms. The summed E-state index contributed by atoms with van der Waals surface area (Å²) in [7, 11) is 0. The van der Waals surface area contributed by atoms with E-state index in [1.807, 2.05) is 51.1 Å². The molecule has 0 bridgehead atoms. The van der Waals surface area contributed by atoms with Crippen LogP contribution in [-0.2, 0) is 16.1 Å². The molecule has 0 radical (unpaired) electrons. The van der Waals surface area contributed by atoms with Crippen molar-refractivity contribution in [1.82, 2.24) is 20.7 Å². The molecule has 3 N–H and O–H groups in total. The van der Waals surface area contributed by atoms with Gasteiger partial charge < -0.3 is 14.8 Å². The van der Waals surface area contributed by atoms with Crippen molar-refractivity contribution in [1.29, 1.82) is 0 Å². The lowest BCUT2D eigenvalue weighted by atomic mass is 9.90. The van der Waals surface area contributed by atoms with Crippen molar-refractivity contribution in [3.8, 4) is 5.75 Å². The SMILES string of the molecule is Cc1cc(COc2ccc(C(=O)NC3CCC(N(CC(=O)NO)C(=O)OCC(C)C)CC3)cc2)c2ccccc2n1. The van der Waals surface area contributed by atoms with Crippen LogP contribution in [0.2, 0.25) is 0 Å². The number of fused-ring (bicyclic) bond motifs is 1. The second-order valence-corrected chi connectivity index (χ2v) is 10.9. The highest BCUT2D eigenvalue weighted by atomic mass is 16.6. The molecule has 10 heteroatoms. The first kappa shape index (κ1) is 29.8. The van der Waals surface area contributed by atoms with Crippen LogP contribution in [0.15, 0.2) is 54.6 Å². The maximum Gasteiger partial charge on any atom is 0.410 e. The van der Waals surface area contributed by atoms with E-state index in [4.69, 9.17) is 14.7 Å². The molecule has 1 saturated carbocycles. The van der Waals surface area contributed by atoms with Crippen LogP contribution in [-0.4, -0.2) is 58.2 Å². The summed E-state index contributed by atoms with van der Waals surface area (Å²) in [6.45, 7) is 6.16. The van der Waals surface area contributed by atoms with Crippen LogP contribution in [0.25, 0.3) is 10.9 Å². The number of rotatable bonds is 10. The smallest absolute Gasteiger partial charge is 0.410 e. The van der Waals surface area contributed by atoms with Gasteiger partial charge in [-0.2, -0.15) is 0 Å². The third-order valence-corrected chi connectivity index (χ3v) is 7.13. The number of aryl methyl sites for hydroxylation is 1. The van der Waals surface area contributed by atoms with E-state index >= 15 is 0 Å². The fourth-order valence-electron chi connectivity index (χ4n) is 5.03. The van der Waals surface area contributed by atoms with E-state index in [2.05, 4.69) is 10.3 Å². The van der Waals surface area contributed by atoms with Gasteiger partial charge in [-0.15, -0.1) is 0 Å². The zero-order valence-electron chi connectivity index (χ0n) is 23.8. The number of carbonyl (C=O) groups is 3. The normalized spacial score (nSPS) is 16.7. The molecule has 1 fully saturated rings. The highest BCUT2D eigenvalue weighted by molar-refractivity contribution is 5.94. The minimum absolute atomic E-state index is 0.0573. The molecule has 10 nitrogen and oxygen atoms in total. The van der Waals surface area contributed by atoms with Gasteiger partial charge in [-0.1, -0.05) is 32.0 Å². The maximum absolute atomic E-state index is 12.9. The molecule has 4 rings (SSSR count). The summed E-state index contributed by atoms with van der Waals surface area (Å²) in [5.41, 5.74) is 5.02. The molecular weight excluding hydrogens is 524 g/mol. The Balaban J connectivity index is 1.29.